The number of carbonyl (C=O) groups is 1. The van der Waals surface area contributed by atoms with Crippen molar-refractivity contribution in [3.8, 4) is 11.5 Å². The molecule has 0 aliphatic carbocycles. The highest BCUT2D eigenvalue weighted by Crippen LogP contribution is 2.44. The van der Waals surface area contributed by atoms with Crippen LogP contribution in [0.1, 0.15) is 81.7 Å². The van der Waals surface area contributed by atoms with Crippen molar-refractivity contribution in [3.63, 3.8) is 0 Å². The number of hydrogen-bond donors (Lipinski definition) is 1. The fourth-order valence-electron chi connectivity index (χ4n) is 6.90. The summed E-state index contributed by atoms with van der Waals surface area (Å²) < 4.78 is 40.3. The zero-order chi connectivity index (χ0) is 37.8. The molecule has 0 saturated carbocycles. The van der Waals surface area contributed by atoms with Crippen LogP contribution in [0.3, 0.4) is 0 Å². The quantitative estimate of drug-likeness (QED) is 0.0269. The molecular weight excluding hydrogens is 679 g/mol. The molecule has 12 nitrogen and oxygen atoms in total. The topological polar surface area (TPSA) is 150 Å². The molecule has 13 heteroatoms. The minimum absolute atomic E-state index is 0.117. The van der Waals surface area contributed by atoms with E-state index in [0.717, 1.165) is 46.9 Å². The Labute approximate surface area is 308 Å². The van der Waals surface area contributed by atoms with E-state index in [-0.39, 0.29) is 25.2 Å². The maximum Gasteiger partial charge on any atom is 0.351 e. The summed E-state index contributed by atoms with van der Waals surface area (Å²) >= 11 is 0. The summed E-state index contributed by atoms with van der Waals surface area (Å²) in [6.45, 7) is 3.54. The van der Waals surface area contributed by atoms with Gasteiger partial charge in [0.1, 0.15) is 28.5 Å². The molecule has 1 saturated heterocycles. The Morgan fingerprint density at radius 3 is 2.09 bits per heavy atom. The zero-order valence-electron chi connectivity index (χ0n) is 30.6. The van der Waals surface area contributed by atoms with Gasteiger partial charge in [0.15, 0.2) is 18.5 Å². The molecule has 0 radical (unpaired) electrons. The lowest BCUT2D eigenvalue weighted by atomic mass is 9.77. The van der Waals surface area contributed by atoms with Crippen molar-refractivity contribution in [2.45, 2.75) is 88.4 Å². The second-order valence-corrected chi connectivity index (χ2v) is 13.0. The molecule has 5 rings (SSSR count). The van der Waals surface area contributed by atoms with Gasteiger partial charge in [-0.3, -0.25) is 9.36 Å². The summed E-state index contributed by atoms with van der Waals surface area (Å²) in [5.41, 5.74) is 8.26. The highest BCUT2D eigenvalue weighted by molar-refractivity contribution is 5.69. The van der Waals surface area contributed by atoms with Crippen LogP contribution >= 0.6 is 0 Å². The third kappa shape index (κ3) is 8.48. The summed E-state index contributed by atoms with van der Waals surface area (Å²) in [5, 5.41) is 7.21. The number of esters is 1. The number of carbonyl (C=O) groups excluding carboxylic acids is 1. The number of halogens is 1. The average Bonchev–Trinajstić information content (AvgIpc) is 3.46. The molecule has 4 atom stereocenters. The maximum atomic E-state index is 16.5. The number of nitrogens with one attached hydrogen (secondary N) is 1. The van der Waals surface area contributed by atoms with Crippen molar-refractivity contribution in [2.24, 2.45) is 5.11 Å². The van der Waals surface area contributed by atoms with Crippen LogP contribution in [-0.4, -0.2) is 54.2 Å². The first-order chi connectivity index (χ1) is 25.7. The van der Waals surface area contributed by atoms with Crippen LogP contribution in [0.2, 0.25) is 0 Å². The average molecular weight is 727 g/mol. The number of rotatable bonds is 18. The van der Waals surface area contributed by atoms with E-state index < -0.39 is 41.3 Å². The molecule has 4 aromatic rings. The molecule has 0 amide bonds. The van der Waals surface area contributed by atoms with E-state index in [4.69, 9.17) is 24.5 Å². The van der Waals surface area contributed by atoms with Crippen molar-refractivity contribution in [3.05, 3.63) is 129 Å². The van der Waals surface area contributed by atoms with Gasteiger partial charge in [-0.2, -0.15) is 4.98 Å². The Balaban J connectivity index is 1.52. The Hall–Kier alpha value is -5.39. The predicted octanol–water partition coefficient (Wildman–Crippen LogP) is 8.26. The van der Waals surface area contributed by atoms with Gasteiger partial charge in [-0.15, -0.1) is 0 Å². The SMILES string of the molecule is CCCCCCCC(=O)O[C@H]1[C@@H](F)[C@H](n2ccc(NC(c3ccccc3)(c3ccc(OC)cc3)c3ccc(OC)cc3)nc2=O)O[C@@]1(CC)CN=[N+]=[N-]. The van der Waals surface area contributed by atoms with E-state index in [1.807, 2.05) is 78.9 Å². The van der Waals surface area contributed by atoms with Crippen LogP contribution in [0.4, 0.5) is 10.2 Å². The first-order valence-corrected chi connectivity index (χ1v) is 18.0. The van der Waals surface area contributed by atoms with E-state index >= 15 is 4.39 Å². The van der Waals surface area contributed by atoms with E-state index in [1.54, 1.807) is 27.2 Å². The van der Waals surface area contributed by atoms with Crippen molar-refractivity contribution in [1.29, 1.82) is 0 Å². The summed E-state index contributed by atoms with van der Waals surface area (Å²) in [7, 11) is 3.19. The molecule has 0 bridgehead atoms. The van der Waals surface area contributed by atoms with Gasteiger partial charge in [0, 0.05) is 17.5 Å². The van der Waals surface area contributed by atoms with Crippen LogP contribution in [0, 0.1) is 0 Å². The van der Waals surface area contributed by atoms with Gasteiger partial charge in [-0.05, 0) is 65.4 Å². The molecule has 1 aliphatic heterocycles. The molecular formula is C40H47FN6O6. The molecule has 1 aromatic heterocycles. The summed E-state index contributed by atoms with van der Waals surface area (Å²) in [4.78, 5) is 34.0. The predicted molar refractivity (Wildman–Crippen MR) is 200 cm³/mol. The van der Waals surface area contributed by atoms with Gasteiger partial charge < -0.3 is 24.3 Å². The van der Waals surface area contributed by atoms with E-state index in [0.29, 0.717) is 17.9 Å². The lowest BCUT2D eigenvalue weighted by Crippen LogP contribution is -2.47. The van der Waals surface area contributed by atoms with Crippen LogP contribution < -0.4 is 20.5 Å². The number of alkyl halides is 1. The van der Waals surface area contributed by atoms with Gasteiger partial charge in [-0.1, -0.05) is 99.2 Å². The number of hydrogen-bond acceptors (Lipinski definition) is 9. The standard InChI is InChI=1S/C40H47FN6O6/c1-5-7-8-9-13-16-34(48)52-36-35(41)37(53-39(36,6-2)27-43-46-42)47-26-25-33(44-38(47)49)45-40(28-14-11-10-12-15-28,29-17-21-31(50-3)22-18-29)30-19-23-32(51-4)24-20-30/h10-12,14-15,17-26,35-37H,5-9,13,16,27H2,1-4H3,(H,44,45,49)/t35-,36+,37-,39+/m1/s1. The highest BCUT2D eigenvalue weighted by Gasteiger charge is 2.57. The Bertz CT molecular complexity index is 1850. The van der Waals surface area contributed by atoms with Crippen molar-refractivity contribution < 1.29 is 28.1 Å². The number of ether oxygens (including phenoxy) is 4. The first kappa shape index (κ1) is 38.8. The summed E-state index contributed by atoms with van der Waals surface area (Å²) in [6.07, 6.45) is 1.41. The maximum absolute atomic E-state index is 16.5. The number of nitrogens with zero attached hydrogens (tertiary/aromatic N) is 5. The number of unbranched alkanes of at least 4 members (excludes halogenated alkanes) is 4. The fourth-order valence-corrected chi connectivity index (χ4v) is 6.90. The largest absolute Gasteiger partial charge is 0.497 e. The van der Waals surface area contributed by atoms with Gasteiger partial charge in [-0.25, -0.2) is 9.18 Å². The van der Waals surface area contributed by atoms with Crippen LogP contribution in [-0.2, 0) is 19.8 Å². The molecule has 1 N–H and O–H groups in total. The van der Waals surface area contributed by atoms with Gasteiger partial charge in [0.25, 0.3) is 0 Å². The van der Waals surface area contributed by atoms with E-state index in [9.17, 15) is 9.59 Å². The minimum Gasteiger partial charge on any atom is -0.497 e. The third-order valence-corrected chi connectivity index (χ3v) is 9.85. The lowest BCUT2D eigenvalue weighted by Gasteiger charge is -2.37. The number of azide groups is 1. The second-order valence-electron chi connectivity index (χ2n) is 13.0. The van der Waals surface area contributed by atoms with Gasteiger partial charge in [0.2, 0.25) is 0 Å². The van der Waals surface area contributed by atoms with E-state index in [2.05, 4.69) is 27.3 Å². The first-order valence-electron chi connectivity index (χ1n) is 18.0. The number of aromatic nitrogens is 2. The minimum atomic E-state index is -1.95. The zero-order valence-corrected chi connectivity index (χ0v) is 30.6. The molecule has 0 unspecified atom stereocenters. The van der Waals surface area contributed by atoms with Crippen molar-refractivity contribution in [2.75, 3.05) is 26.1 Å². The lowest BCUT2D eigenvalue weighted by molar-refractivity contribution is -0.162. The van der Waals surface area contributed by atoms with Crippen molar-refractivity contribution in [1.82, 2.24) is 9.55 Å². The molecule has 1 aliphatic rings. The Morgan fingerprint density at radius 1 is 0.943 bits per heavy atom. The molecule has 280 valence electrons. The van der Waals surface area contributed by atoms with Gasteiger partial charge in [0.05, 0.1) is 20.8 Å². The highest BCUT2D eigenvalue weighted by atomic mass is 19.1. The second kappa shape index (κ2) is 17.9. The molecule has 3 aromatic carbocycles. The van der Waals surface area contributed by atoms with Gasteiger partial charge >= 0.3 is 11.7 Å². The number of methoxy groups -OCH3 is 2. The Morgan fingerprint density at radius 2 is 1.55 bits per heavy atom. The smallest absolute Gasteiger partial charge is 0.351 e. The van der Waals surface area contributed by atoms with Crippen LogP contribution in [0.5, 0.6) is 11.5 Å². The summed E-state index contributed by atoms with van der Waals surface area (Å²) in [6, 6.07) is 26.5. The Kier molecular flexibility index (Phi) is 13.1. The monoisotopic (exact) mass is 726 g/mol. The fraction of sp³-hybridized carbons (Fsp3) is 0.425. The number of benzene rings is 3. The molecule has 53 heavy (non-hydrogen) atoms. The number of anilines is 1. The third-order valence-electron chi connectivity index (χ3n) is 9.85. The van der Waals surface area contributed by atoms with Crippen molar-refractivity contribution >= 4 is 11.8 Å². The van der Waals surface area contributed by atoms with E-state index in [1.165, 1.54) is 6.20 Å². The van der Waals surface area contributed by atoms with Crippen LogP contribution in [0.15, 0.2) is 101 Å². The van der Waals surface area contributed by atoms with Crippen LogP contribution in [0.25, 0.3) is 10.4 Å². The normalized spacial score (nSPS) is 19.6. The summed E-state index contributed by atoms with van der Waals surface area (Å²) in [5.74, 6) is 0.972. The molecule has 1 fully saturated rings. The molecule has 2 heterocycles. The molecule has 0 spiro atoms.